The van der Waals surface area contributed by atoms with Gasteiger partial charge in [-0.3, -0.25) is 9.80 Å². The average molecular weight is 410 g/mol. The van der Waals surface area contributed by atoms with Gasteiger partial charge in [0.15, 0.2) is 0 Å². The summed E-state index contributed by atoms with van der Waals surface area (Å²) in [5, 5.41) is 9.21. The number of benzene rings is 1. The van der Waals surface area contributed by atoms with E-state index in [0.717, 1.165) is 29.6 Å². The first-order valence-electron chi connectivity index (χ1n) is 10.8. The van der Waals surface area contributed by atoms with Gasteiger partial charge in [0.25, 0.3) is 0 Å². The number of hydrogen-bond donors (Lipinski definition) is 2. The Kier molecular flexibility index (Phi) is 9.84. The molecule has 1 fully saturated rings. The number of carbonyl (C=O) groups excluding carboxylic acids is 1. The summed E-state index contributed by atoms with van der Waals surface area (Å²) < 4.78 is 0. The van der Waals surface area contributed by atoms with E-state index in [1.54, 1.807) is 17.6 Å². The Hall–Kier alpha value is -2.89. The van der Waals surface area contributed by atoms with Crippen LogP contribution < -0.4 is 5.32 Å². The molecule has 1 saturated carbocycles. The molecule has 0 radical (unpaired) electrons. The number of nitrogens with zero attached hydrogens (tertiary/aromatic N) is 3. The number of allylic oxidation sites excluding steroid dienone is 4. The zero-order valence-corrected chi connectivity index (χ0v) is 18.6. The van der Waals surface area contributed by atoms with Crippen LogP contribution >= 0.6 is 0 Å². The zero-order valence-electron chi connectivity index (χ0n) is 18.6. The maximum atomic E-state index is 12.2. The van der Waals surface area contributed by atoms with E-state index in [9.17, 15) is 4.79 Å². The van der Waals surface area contributed by atoms with Crippen molar-refractivity contribution in [3.05, 3.63) is 54.5 Å². The van der Waals surface area contributed by atoms with Gasteiger partial charge in [0.1, 0.15) is 6.54 Å². The minimum absolute atomic E-state index is 0.0490. The molecule has 0 aliphatic heterocycles. The van der Waals surface area contributed by atoms with E-state index in [4.69, 9.17) is 0 Å². The number of para-hydroxylation sites is 2. The fourth-order valence-corrected chi connectivity index (χ4v) is 3.46. The van der Waals surface area contributed by atoms with E-state index < -0.39 is 0 Å². The maximum absolute atomic E-state index is 12.2. The van der Waals surface area contributed by atoms with Crippen LogP contribution in [0.3, 0.4) is 0 Å². The van der Waals surface area contributed by atoms with Crippen molar-refractivity contribution in [1.82, 2.24) is 20.3 Å². The normalized spacial score (nSPS) is 19.7. The standard InChI is InChI=1S/C17H29N3O.C7H6N2/c1-5-7-11-18-20(15(4)6-2)13-17(21)19-16-10-8-9-14(3)12-16;1-2-4-7-6(3-1)8-5-9-7/h5-7,11,14,16H,8-10,12-13H2,1-4H3,(H,19,21);1-5H,(H,8,9)/b7-5+,15-6+,18-11-;. The Morgan fingerprint density at radius 3 is 2.83 bits per heavy atom. The highest BCUT2D eigenvalue weighted by molar-refractivity contribution is 5.79. The highest BCUT2D eigenvalue weighted by atomic mass is 16.2. The smallest absolute Gasteiger partial charge is 0.241 e. The van der Waals surface area contributed by atoms with Gasteiger partial charge in [-0.2, -0.15) is 5.10 Å². The molecule has 2 atom stereocenters. The molecule has 1 amide bonds. The minimum Gasteiger partial charge on any atom is -0.352 e. The van der Waals surface area contributed by atoms with Crippen molar-refractivity contribution in [2.24, 2.45) is 11.0 Å². The first kappa shape index (κ1) is 23.4. The van der Waals surface area contributed by atoms with Crippen LogP contribution in [0.5, 0.6) is 0 Å². The summed E-state index contributed by atoms with van der Waals surface area (Å²) in [7, 11) is 0. The van der Waals surface area contributed by atoms with Crippen LogP contribution in [0.4, 0.5) is 0 Å². The number of fused-ring (bicyclic) bond motifs is 1. The van der Waals surface area contributed by atoms with Gasteiger partial charge in [0, 0.05) is 18.0 Å². The number of carbonyl (C=O) groups is 1. The van der Waals surface area contributed by atoms with Gasteiger partial charge in [0.05, 0.1) is 17.4 Å². The van der Waals surface area contributed by atoms with Gasteiger partial charge in [-0.15, -0.1) is 0 Å². The monoisotopic (exact) mass is 409 g/mol. The molecule has 6 nitrogen and oxygen atoms in total. The first-order chi connectivity index (χ1) is 14.5. The third-order valence-corrected chi connectivity index (χ3v) is 5.23. The number of rotatable bonds is 6. The molecule has 1 aromatic heterocycles. The molecule has 162 valence electrons. The number of nitrogens with one attached hydrogen (secondary N) is 2. The zero-order chi connectivity index (χ0) is 21.8. The number of imidazole rings is 1. The lowest BCUT2D eigenvalue weighted by atomic mass is 9.87. The Bertz CT molecular complexity index is 837. The van der Waals surface area contributed by atoms with Crippen LogP contribution in [0.25, 0.3) is 11.0 Å². The van der Waals surface area contributed by atoms with E-state index in [-0.39, 0.29) is 12.5 Å². The van der Waals surface area contributed by atoms with Crippen molar-refractivity contribution in [1.29, 1.82) is 0 Å². The van der Waals surface area contributed by atoms with Crippen LogP contribution in [-0.4, -0.2) is 39.7 Å². The molecule has 1 aliphatic carbocycles. The summed E-state index contributed by atoms with van der Waals surface area (Å²) in [6.07, 6.45) is 13.8. The summed E-state index contributed by atoms with van der Waals surface area (Å²) in [5.74, 6) is 0.762. The highest BCUT2D eigenvalue weighted by Crippen LogP contribution is 2.23. The Balaban J connectivity index is 0.000000290. The number of hydrazone groups is 1. The predicted octanol–water partition coefficient (Wildman–Crippen LogP) is 5.03. The Morgan fingerprint density at radius 2 is 2.13 bits per heavy atom. The molecule has 3 rings (SSSR count). The quantitative estimate of drug-likeness (QED) is 0.519. The SMILES string of the molecule is C/C=C/C=N\N(CC(=O)NC1CCCC(C)C1)/C(C)=C/C.c1ccc2[nH]cnc2c1. The molecule has 1 heterocycles. The molecule has 0 bridgehead atoms. The van der Waals surface area contributed by atoms with Crippen LogP contribution in [0.15, 0.2) is 59.6 Å². The van der Waals surface area contributed by atoms with Crippen LogP contribution in [0.2, 0.25) is 0 Å². The molecule has 1 aromatic carbocycles. The number of hydrogen-bond acceptors (Lipinski definition) is 4. The van der Waals surface area contributed by atoms with Gasteiger partial charge in [-0.25, -0.2) is 4.98 Å². The van der Waals surface area contributed by atoms with Crippen LogP contribution in [0.1, 0.15) is 53.4 Å². The lowest BCUT2D eigenvalue weighted by molar-refractivity contribution is -0.122. The molecule has 2 aromatic rings. The molecule has 30 heavy (non-hydrogen) atoms. The van der Waals surface area contributed by atoms with Crippen LogP contribution in [0, 0.1) is 5.92 Å². The molecule has 2 unspecified atom stereocenters. The second kappa shape index (κ2) is 12.6. The number of amides is 1. The van der Waals surface area contributed by atoms with Gasteiger partial charge in [0.2, 0.25) is 5.91 Å². The average Bonchev–Trinajstić information content (AvgIpc) is 3.22. The van der Waals surface area contributed by atoms with Crippen molar-refractivity contribution in [2.75, 3.05) is 6.54 Å². The van der Waals surface area contributed by atoms with Gasteiger partial charge in [-0.1, -0.05) is 44.1 Å². The minimum atomic E-state index is 0.0490. The third-order valence-electron chi connectivity index (χ3n) is 5.23. The van der Waals surface area contributed by atoms with E-state index in [1.807, 2.05) is 63.3 Å². The van der Waals surface area contributed by atoms with Crippen LogP contribution in [-0.2, 0) is 4.79 Å². The summed E-state index contributed by atoms with van der Waals surface area (Å²) >= 11 is 0. The fourth-order valence-electron chi connectivity index (χ4n) is 3.46. The number of aromatic amines is 1. The Labute approximate surface area is 180 Å². The highest BCUT2D eigenvalue weighted by Gasteiger charge is 2.21. The topological polar surface area (TPSA) is 73.4 Å². The Morgan fingerprint density at radius 1 is 1.33 bits per heavy atom. The third kappa shape index (κ3) is 7.85. The number of H-pyrrole nitrogens is 1. The largest absolute Gasteiger partial charge is 0.352 e. The van der Waals surface area contributed by atoms with Gasteiger partial charge >= 0.3 is 0 Å². The molecular weight excluding hydrogens is 374 g/mol. The number of aromatic nitrogens is 2. The molecular formula is C24H35N5O. The van der Waals surface area contributed by atoms with E-state index in [2.05, 4.69) is 27.3 Å². The summed E-state index contributed by atoms with van der Waals surface area (Å²) in [6.45, 7) is 8.39. The second-order valence-corrected chi connectivity index (χ2v) is 7.73. The summed E-state index contributed by atoms with van der Waals surface area (Å²) in [4.78, 5) is 19.3. The summed E-state index contributed by atoms with van der Waals surface area (Å²) in [5.41, 5.74) is 3.10. The molecule has 6 heteroatoms. The second-order valence-electron chi connectivity index (χ2n) is 7.73. The van der Waals surface area contributed by atoms with Crippen molar-refractivity contribution in [2.45, 2.75) is 59.4 Å². The van der Waals surface area contributed by atoms with Crippen molar-refractivity contribution >= 4 is 23.2 Å². The van der Waals surface area contributed by atoms with E-state index in [0.29, 0.717) is 12.0 Å². The first-order valence-corrected chi connectivity index (χ1v) is 10.8. The lowest BCUT2D eigenvalue weighted by Crippen LogP contribution is -2.42. The van der Waals surface area contributed by atoms with Crippen molar-refractivity contribution < 1.29 is 4.79 Å². The lowest BCUT2D eigenvalue weighted by Gasteiger charge is -2.28. The van der Waals surface area contributed by atoms with Crippen molar-refractivity contribution in [3.8, 4) is 0 Å². The molecule has 1 aliphatic rings. The van der Waals surface area contributed by atoms with E-state index in [1.165, 1.54) is 12.8 Å². The maximum Gasteiger partial charge on any atom is 0.241 e. The van der Waals surface area contributed by atoms with E-state index >= 15 is 0 Å². The fraction of sp³-hybridized carbons (Fsp3) is 0.458. The van der Waals surface area contributed by atoms with Crippen molar-refractivity contribution in [3.63, 3.8) is 0 Å². The molecule has 2 N–H and O–H groups in total. The molecule has 0 spiro atoms. The van der Waals surface area contributed by atoms with Gasteiger partial charge in [-0.05, 0) is 57.7 Å². The predicted molar refractivity (Wildman–Crippen MR) is 125 cm³/mol. The summed E-state index contributed by atoms with van der Waals surface area (Å²) in [6, 6.07) is 8.27. The molecule has 0 saturated heterocycles. The van der Waals surface area contributed by atoms with Gasteiger partial charge < -0.3 is 10.3 Å².